The molecule has 2 aromatic carbocycles. The Morgan fingerprint density at radius 3 is 2.05 bits per heavy atom. The maximum Gasteiger partial charge on any atom is 0.336 e. The predicted octanol–water partition coefficient (Wildman–Crippen LogP) is 2.46. The number of phenols is 1. The van der Waals surface area contributed by atoms with Crippen LogP contribution in [-0.4, -0.2) is 27.3 Å². The average Bonchev–Trinajstić information content (AvgIpc) is 2.38. The molecule has 0 radical (unpaired) electrons. The van der Waals surface area contributed by atoms with Crippen LogP contribution >= 0.6 is 0 Å². The van der Waals surface area contributed by atoms with Crippen molar-refractivity contribution in [3.05, 3.63) is 53.6 Å². The Morgan fingerprint density at radius 1 is 0.842 bits per heavy atom. The summed E-state index contributed by atoms with van der Waals surface area (Å²) in [6.07, 6.45) is 0. The van der Waals surface area contributed by atoms with Crippen LogP contribution in [0.2, 0.25) is 0 Å². The second-order valence-corrected chi connectivity index (χ2v) is 3.89. The highest BCUT2D eigenvalue weighted by Crippen LogP contribution is 2.30. The summed E-state index contributed by atoms with van der Waals surface area (Å²) in [5, 5.41) is 27.7. The molecule has 0 heterocycles. The molecule has 0 aliphatic rings. The molecule has 0 unspecified atom stereocenters. The molecule has 0 fully saturated rings. The molecule has 0 aromatic heterocycles. The van der Waals surface area contributed by atoms with E-state index >= 15 is 0 Å². The van der Waals surface area contributed by atoms with Crippen molar-refractivity contribution in [2.75, 3.05) is 0 Å². The second kappa shape index (κ2) is 4.81. The second-order valence-electron chi connectivity index (χ2n) is 3.89. The molecule has 3 N–H and O–H groups in total. The van der Waals surface area contributed by atoms with Crippen LogP contribution in [0.25, 0.3) is 11.1 Å². The van der Waals surface area contributed by atoms with E-state index < -0.39 is 11.9 Å². The van der Waals surface area contributed by atoms with Crippen molar-refractivity contribution in [3.63, 3.8) is 0 Å². The molecular formula is C14H10O5. The third-order valence-corrected chi connectivity index (χ3v) is 2.70. The molecule has 0 aliphatic carbocycles. The Kier molecular flexibility index (Phi) is 3.20. The number of aromatic carboxylic acids is 2. The van der Waals surface area contributed by atoms with Gasteiger partial charge in [0.15, 0.2) is 0 Å². The molecule has 2 aromatic rings. The standard InChI is InChI=1S/C14H10O5/c15-12-4-2-1-3-9(12)8-5-6-10(13(16)17)11(7-8)14(18)19/h1-7,15H,(H,16,17)(H,18,19). The molecular weight excluding hydrogens is 248 g/mol. The van der Waals surface area contributed by atoms with Crippen molar-refractivity contribution < 1.29 is 24.9 Å². The van der Waals surface area contributed by atoms with Gasteiger partial charge >= 0.3 is 11.9 Å². The van der Waals surface area contributed by atoms with Gasteiger partial charge in [0, 0.05) is 5.56 Å². The van der Waals surface area contributed by atoms with Gasteiger partial charge in [-0.2, -0.15) is 0 Å². The number of carboxylic acids is 2. The van der Waals surface area contributed by atoms with Gasteiger partial charge in [-0.25, -0.2) is 9.59 Å². The highest BCUT2D eigenvalue weighted by atomic mass is 16.4. The van der Waals surface area contributed by atoms with E-state index in [0.29, 0.717) is 11.1 Å². The van der Waals surface area contributed by atoms with Crippen LogP contribution in [0.1, 0.15) is 20.7 Å². The van der Waals surface area contributed by atoms with E-state index in [9.17, 15) is 14.7 Å². The summed E-state index contributed by atoms with van der Waals surface area (Å²) in [4.78, 5) is 22.0. The molecule has 0 spiro atoms. The Bertz CT molecular complexity index is 661. The van der Waals surface area contributed by atoms with Crippen LogP contribution in [0.5, 0.6) is 5.75 Å². The lowest BCUT2D eigenvalue weighted by Crippen LogP contribution is -2.07. The quantitative estimate of drug-likeness (QED) is 0.786. The van der Waals surface area contributed by atoms with Gasteiger partial charge in [-0.1, -0.05) is 24.3 Å². The number of carboxylic acid groups (broad SMARTS) is 2. The summed E-state index contributed by atoms with van der Waals surface area (Å²) in [5.41, 5.74) is 0.294. The lowest BCUT2D eigenvalue weighted by atomic mass is 9.98. The van der Waals surface area contributed by atoms with E-state index in [2.05, 4.69) is 0 Å². The van der Waals surface area contributed by atoms with Gasteiger partial charge in [-0.05, 0) is 23.8 Å². The van der Waals surface area contributed by atoms with Gasteiger partial charge in [-0.15, -0.1) is 0 Å². The highest BCUT2D eigenvalue weighted by molar-refractivity contribution is 6.02. The third kappa shape index (κ3) is 2.40. The van der Waals surface area contributed by atoms with Gasteiger partial charge in [0.05, 0.1) is 11.1 Å². The Labute approximate surface area is 108 Å². The fourth-order valence-electron chi connectivity index (χ4n) is 1.79. The maximum absolute atomic E-state index is 11.1. The molecule has 0 bridgehead atoms. The maximum atomic E-state index is 11.1. The normalized spacial score (nSPS) is 10.1. The van der Waals surface area contributed by atoms with Gasteiger partial charge in [0.25, 0.3) is 0 Å². The molecule has 19 heavy (non-hydrogen) atoms. The molecule has 5 heteroatoms. The molecule has 5 nitrogen and oxygen atoms in total. The van der Waals surface area contributed by atoms with Crippen LogP contribution in [-0.2, 0) is 0 Å². The SMILES string of the molecule is O=C(O)c1ccc(-c2ccccc2O)cc1C(=O)O. The number of aromatic hydroxyl groups is 1. The Balaban J connectivity index is 2.62. The lowest BCUT2D eigenvalue weighted by Gasteiger charge is -2.07. The minimum absolute atomic E-state index is 0.00177. The summed E-state index contributed by atoms with van der Waals surface area (Å²) < 4.78 is 0. The first kappa shape index (κ1) is 12.6. The largest absolute Gasteiger partial charge is 0.507 e. The minimum atomic E-state index is -1.32. The molecule has 0 saturated heterocycles. The summed E-state index contributed by atoms with van der Waals surface area (Å²) in [7, 11) is 0. The number of phenolic OH excluding ortho intramolecular Hbond substituents is 1. The number of rotatable bonds is 3. The van der Waals surface area contributed by atoms with Gasteiger partial charge in [0.1, 0.15) is 5.75 Å². The molecule has 0 saturated carbocycles. The third-order valence-electron chi connectivity index (χ3n) is 2.70. The first-order chi connectivity index (χ1) is 9.00. The van der Waals surface area contributed by atoms with Crippen LogP contribution in [0, 0.1) is 0 Å². The molecule has 2 rings (SSSR count). The van der Waals surface area contributed by atoms with Crippen molar-refractivity contribution in [3.8, 4) is 16.9 Å². The van der Waals surface area contributed by atoms with Crippen molar-refractivity contribution >= 4 is 11.9 Å². The Morgan fingerprint density at radius 2 is 1.47 bits per heavy atom. The van der Waals surface area contributed by atoms with Crippen LogP contribution in [0.4, 0.5) is 0 Å². The Hall–Kier alpha value is -2.82. The van der Waals surface area contributed by atoms with Crippen molar-refractivity contribution in [1.29, 1.82) is 0 Å². The topological polar surface area (TPSA) is 94.8 Å². The number of benzene rings is 2. The zero-order valence-corrected chi connectivity index (χ0v) is 9.70. The number of carbonyl (C=O) groups is 2. The average molecular weight is 258 g/mol. The highest BCUT2D eigenvalue weighted by Gasteiger charge is 2.17. The molecule has 0 aliphatic heterocycles. The van der Waals surface area contributed by atoms with E-state index in [4.69, 9.17) is 10.2 Å². The van der Waals surface area contributed by atoms with Crippen molar-refractivity contribution in [1.82, 2.24) is 0 Å². The zero-order valence-electron chi connectivity index (χ0n) is 9.70. The van der Waals surface area contributed by atoms with Crippen molar-refractivity contribution in [2.24, 2.45) is 0 Å². The zero-order chi connectivity index (χ0) is 14.0. The van der Waals surface area contributed by atoms with E-state index in [0.717, 1.165) is 0 Å². The summed E-state index contributed by atoms with van der Waals surface area (Å²) >= 11 is 0. The molecule has 0 atom stereocenters. The summed E-state index contributed by atoms with van der Waals surface area (Å²) in [6, 6.07) is 10.3. The van der Waals surface area contributed by atoms with Crippen molar-refractivity contribution in [2.45, 2.75) is 0 Å². The first-order valence-corrected chi connectivity index (χ1v) is 5.39. The summed E-state index contributed by atoms with van der Waals surface area (Å²) in [6.45, 7) is 0. The van der Waals surface area contributed by atoms with E-state index in [1.54, 1.807) is 18.2 Å². The first-order valence-electron chi connectivity index (χ1n) is 5.39. The van der Waals surface area contributed by atoms with Gasteiger partial charge < -0.3 is 15.3 Å². The predicted molar refractivity (Wildman–Crippen MR) is 67.5 cm³/mol. The fraction of sp³-hybridized carbons (Fsp3) is 0. The number of para-hydroxylation sites is 1. The monoisotopic (exact) mass is 258 g/mol. The van der Waals surface area contributed by atoms with Crippen LogP contribution < -0.4 is 0 Å². The lowest BCUT2D eigenvalue weighted by molar-refractivity contribution is 0.0651. The molecule has 0 amide bonds. The summed E-state index contributed by atoms with van der Waals surface area (Å²) in [5.74, 6) is -2.63. The smallest absolute Gasteiger partial charge is 0.336 e. The van der Waals surface area contributed by atoms with E-state index in [-0.39, 0.29) is 16.9 Å². The van der Waals surface area contributed by atoms with Gasteiger partial charge in [0.2, 0.25) is 0 Å². The molecule has 96 valence electrons. The number of hydrogen-bond donors (Lipinski definition) is 3. The van der Waals surface area contributed by atoms with E-state index in [1.807, 2.05) is 0 Å². The minimum Gasteiger partial charge on any atom is -0.507 e. The number of hydrogen-bond acceptors (Lipinski definition) is 3. The van der Waals surface area contributed by atoms with Crippen LogP contribution in [0.3, 0.4) is 0 Å². The van der Waals surface area contributed by atoms with Crippen LogP contribution in [0.15, 0.2) is 42.5 Å². The van der Waals surface area contributed by atoms with E-state index in [1.165, 1.54) is 24.3 Å². The fourth-order valence-corrected chi connectivity index (χ4v) is 1.79. The van der Waals surface area contributed by atoms with Gasteiger partial charge in [-0.3, -0.25) is 0 Å².